The summed E-state index contributed by atoms with van der Waals surface area (Å²) in [6, 6.07) is 20.2. The second-order valence-corrected chi connectivity index (χ2v) is 9.30. The Bertz CT molecular complexity index is 1630. The Morgan fingerprint density at radius 1 is 1.00 bits per heavy atom. The van der Waals surface area contributed by atoms with Gasteiger partial charge in [0.05, 0.1) is 29.6 Å². The molecule has 37 heavy (non-hydrogen) atoms. The molecule has 3 aromatic carbocycles. The third kappa shape index (κ3) is 5.44. The lowest BCUT2D eigenvalue weighted by atomic mass is 10.0. The van der Waals surface area contributed by atoms with Gasteiger partial charge in [0.15, 0.2) is 10.8 Å². The number of hydrogen-bond donors (Lipinski definition) is 0. The summed E-state index contributed by atoms with van der Waals surface area (Å²) in [7, 11) is 0. The Hall–Kier alpha value is -3.90. The summed E-state index contributed by atoms with van der Waals surface area (Å²) in [5.74, 6) is 1.37. The maximum Gasteiger partial charge on any atom is 0.271 e. The van der Waals surface area contributed by atoms with Gasteiger partial charge in [-0.25, -0.2) is 4.68 Å². The van der Waals surface area contributed by atoms with E-state index in [0.717, 1.165) is 16.7 Å². The number of rotatable bonds is 7. The summed E-state index contributed by atoms with van der Waals surface area (Å²) in [6.07, 6.45) is 0.321. The summed E-state index contributed by atoms with van der Waals surface area (Å²) < 4.78 is 13.4. The molecule has 11 heteroatoms. The highest BCUT2D eigenvalue weighted by Crippen LogP contribution is 2.36. The van der Waals surface area contributed by atoms with Crippen molar-refractivity contribution < 1.29 is 9.15 Å². The minimum atomic E-state index is 0.172. The van der Waals surface area contributed by atoms with Crippen LogP contribution in [0.2, 0.25) is 15.2 Å². The molecule has 2 heterocycles. The van der Waals surface area contributed by atoms with Crippen molar-refractivity contribution in [2.75, 3.05) is 0 Å². The average molecular weight is 552 g/mol. The monoisotopic (exact) mass is 550 g/mol. The Morgan fingerprint density at radius 3 is 2.59 bits per heavy atom. The fourth-order valence-corrected chi connectivity index (χ4v) is 4.37. The van der Waals surface area contributed by atoms with Gasteiger partial charge >= 0.3 is 0 Å². The van der Waals surface area contributed by atoms with Gasteiger partial charge in [-0.1, -0.05) is 76.4 Å². The molecular weight excluding hydrogens is 535 g/mol. The fourth-order valence-electron chi connectivity index (χ4n) is 3.69. The van der Waals surface area contributed by atoms with Crippen LogP contribution in [-0.2, 0) is 13.0 Å². The summed E-state index contributed by atoms with van der Waals surface area (Å²) in [6.45, 7) is 2.33. The lowest BCUT2D eigenvalue weighted by Gasteiger charge is -2.14. The van der Waals surface area contributed by atoms with Crippen LogP contribution in [0.15, 0.2) is 65.1 Å². The molecule has 0 radical (unpaired) electrons. The zero-order chi connectivity index (χ0) is 25.9. The third-order valence-corrected chi connectivity index (χ3v) is 6.44. The zero-order valence-electron chi connectivity index (χ0n) is 19.3. The highest BCUT2D eigenvalue weighted by Gasteiger charge is 2.20. The maximum absolute atomic E-state index is 9.21. The summed E-state index contributed by atoms with van der Waals surface area (Å²) >= 11 is 19.0. The van der Waals surface area contributed by atoms with Gasteiger partial charge in [-0.3, -0.25) is 0 Å². The van der Waals surface area contributed by atoms with Crippen molar-refractivity contribution >= 4 is 34.8 Å². The quantitative estimate of drug-likeness (QED) is 0.217. The molecular formula is C26H17Cl3N6O2. The van der Waals surface area contributed by atoms with Gasteiger partial charge in [-0.05, 0) is 47.9 Å². The maximum atomic E-state index is 9.21. The Morgan fingerprint density at radius 2 is 1.81 bits per heavy atom. The van der Waals surface area contributed by atoms with Crippen LogP contribution in [0.4, 0.5) is 0 Å². The van der Waals surface area contributed by atoms with Gasteiger partial charge in [0.25, 0.3) is 5.89 Å². The van der Waals surface area contributed by atoms with E-state index in [2.05, 4.69) is 26.6 Å². The third-order valence-electron chi connectivity index (χ3n) is 5.55. The predicted octanol–water partition coefficient (Wildman–Crippen LogP) is 6.90. The highest BCUT2D eigenvalue weighted by atomic mass is 35.5. The van der Waals surface area contributed by atoms with Gasteiger partial charge in [0.2, 0.25) is 5.89 Å². The van der Waals surface area contributed by atoms with Crippen LogP contribution in [-0.4, -0.2) is 25.2 Å². The van der Waals surface area contributed by atoms with E-state index in [0.29, 0.717) is 56.8 Å². The van der Waals surface area contributed by atoms with Gasteiger partial charge in [0, 0.05) is 5.02 Å². The van der Waals surface area contributed by atoms with Gasteiger partial charge in [0.1, 0.15) is 11.5 Å². The number of hydrogen-bond acceptors (Lipinski definition) is 7. The molecule has 0 amide bonds. The van der Waals surface area contributed by atoms with Gasteiger partial charge in [-0.15, -0.1) is 15.3 Å². The van der Waals surface area contributed by atoms with E-state index in [-0.39, 0.29) is 5.89 Å². The standard InChI is InChI=1S/C26H17Cl3N6O2/c1-15-18(7-8-21(28)24(15)36-20-10-17(13-30)9-19(27)12-20)11-22-31-33-26(37-22)23-25(29)35(34-32-23)14-16-5-3-2-4-6-16/h2-10,12H,11,14H2,1H3. The molecule has 0 saturated carbocycles. The molecule has 0 saturated heterocycles. The lowest BCUT2D eigenvalue weighted by molar-refractivity contribution is 0.477. The van der Waals surface area contributed by atoms with Crippen LogP contribution >= 0.6 is 34.8 Å². The van der Waals surface area contributed by atoms with Crippen molar-refractivity contribution in [3.63, 3.8) is 0 Å². The number of nitriles is 1. The molecule has 0 aliphatic heterocycles. The lowest BCUT2D eigenvalue weighted by Crippen LogP contribution is -2.01. The van der Waals surface area contributed by atoms with Crippen molar-refractivity contribution in [1.82, 2.24) is 25.2 Å². The van der Waals surface area contributed by atoms with E-state index in [1.54, 1.807) is 28.9 Å². The first-order valence-electron chi connectivity index (χ1n) is 11.0. The van der Waals surface area contributed by atoms with E-state index in [1.807, 2.05) is 43.3 Å². The van der Waals surface area contributed by atoms with Gasteiger partial charge in [-0.2, -0.15) is 5.26 Å². The zero-order valence-corrected chi connectivity index (χ0v) is 21.6. The summed E-state index contributed by atoms with van der Waals surface area (Å²) in [5.41, 5.74) is 3.35. The molecule has 0 fully saturated rings. The minimum absolute atomic E-state index is 0.172. The first-order chi connectivity index (χ1) is 17.9. The minimum Gasteiger partial charge on any atom is -0.455 e. The van der Waals surface area contributed by atoms with E-state index in [4.69, 9.17) is 44.0 Å². The van der Waals surface area contributed by atoms with Crippen molar-refractivity contribution in [1.29, 1.82) is 5.26 Å². The molecule has 0 spiro atoms. The molecule has 0 aliphatic rings. The van der Waals surface area contributed by atoms with Crippen LogP contribution in [0.25, 0.3) is 11.6 Å². The molecule has 5 rings (SSSR count). The normalized spacial score (nSPS) is 10.9. The van der Waals surface area contributed by atoms with Crippen LogP contribution in [0, 0.1) is 18.3 Å². The summed E-state index contributed by atoms with van der Waals surface area (Å²) in [4.78, 5) is 0. The molecule has 8 nitrogen and oxygen atoms in total. The van der Waals surface area contributed by atoms with Crippen LogP contribution in [0.3, 0.4) is 0 Å². The molecule has 184 valence electrons. The first-order valence-corrected chi connectivity index (χ1v) is 12.2. The van der Waals surface area contributed by atoms with Crippen molar-refractivity contribution in [3.05, 3.63) is 104 Å². The highest BCUT2D eigenvalue weighted by molar-refractivity contribution is 6.32. The SMILES string of the molecule is Cc1c(Cc2nnc(-c3nnn(Cc4ccccc4)c3Cl)o2)ccc(Cl)c1Oc1cc(Cl)cc(C#N)c1. The van der Waals surface area contributed by atoms with Crippen molar-refractivity contribution in [2.24, 2.45) is 0 Å². The van der Waals surface area contributed by atoms with Gasteiger partial charge < -0.3 is 9.15 Å². The number of benzene rings is 3. The smallest absolute Gasteiger partial charge is 0.271 e. The Labute approximate surface area is 227 Å². The molecule has 0 atom stereocenters. The van der Waals surface area contributed by atoms with E-state index >= 15 is 0 Å². The molecule has 0 aliphatic carbocycles. The molecule has 5 aromatic rings. The number of nitrogens with zero attached hydrogens (tertiary/aromatic N) is 6. The number of aromatic nitrogens is 5. The summed E-state index contributed by atoms with van der Waals surface area (Å²) in [5, 5.41) is 26.8. The van der Waals surface area contributed by atoms with Crippen LogP contribution in [0.5, 0.6) is 11.5 Å². The number of ether oxygens (including phenoxy) is 1. The van der Waals surface area contributed by atoms with E-state index in [9.17, 15) is 5.26 Å². The van der Waals surface area contributed by atoms with E-state index in [1.165, 1.54) is 0 Å². The first kappa shape index (κ1) is 24.8. The Kier molecular flexibility index (Phi) is 7.10. The van der Waals surface area contributed by atoms with Crippen LogP contribution in [0.1, 0.15) is 28.1 Å². The number of halogens is 3. The molecule has 2 aromatic heterocycles. The largest absolute Gasteiger partial charge is 0.455 e. The van der Waals surface area contributed by atoms with Crippen molar-refractivity contribution in [2.45, 2.75) is 19.9 Å². The second kappa shape index (κ2) is 10.6. The van der Waals surface area contributed by atoms with E-state index < -0.39 is 0 Å². The molecule has 0 N–H and O–H groups in total. The predicted molar refractivity (Wildman–Crippen MR) is 139 cm³/mol. The molecule has 0 unspecified atom stereocenters. The second-order valence-electron chi connectivity index (χ2n) is 8.10. The topological polar surface area (TPSA) is 103 Å². The van der Waals surface area contributed by atoms with Crippen LogP contribution < -0.4 is 4.74 Å². The molecule has 0 bridgehead atoms. The average Bonchev–Trinajstić information content (AvgIpc) is 3.50. The Balaban J connectivity index is 1.37. The fraction of sp³-hybridized carbons (Fsp3) is 0.115. The van der Waals surface area contributed by atoms with Crippen molar-refractivity contribution in [3.8, 4) is 29.2 Å².